The van der Waals surface area contributed by atoms with E-state index in [1.807, 2.05) is 12.3 Å². The molecule has 1 fully saturated rings. The second-order valence-corrected chi connectivity index (χ2v) is 4.57. The summed E-state index contributed by atoms with van der Waals surface area (Å²) >= 11 is 1.54. The SMILES string of the molecule is CSc1ncc(/C=C/C#N)c(N2CCCC2)n1. The van der Waals surface area contributed by atoms with Crippen molar-refractivity contribution >= 4 is 23.7 Å². The molecule has 0 spiro atoms. The van der Waals surface area contributed by atoms with Crippen molar-refractivity contribution in [3.05, 3.63) is 17.8 Å². The maximum absolute atomic E-state index is 8.59. The Labute approximate surface area is 105 Å². The van der Waals surface area contributed by atoms with Crippen LogP contribution in [0.3, 0.4) is 0 Å². The fourth-order valence-corrected chi connectivity index (χ4v) is 2.23. The lowest BCUT2D eigenvalue weighted by Gasteiger charge is -2.18. The van der Waals surface area contributed by atoms with Gasteiger partial charge >= 0.3 is 0 Å². The Hall–Kier alpha value is -1.54. The van der Waals surface area contributed by atoms with Gasteiger partial charge in [-0.15, -0.1) is 0 Å². The van der Waals surface area contributed by atoms with Gasteiger partial charge in [-0.25, -0.2) is 9.97 Å². The third-order valence-corrected chi connectivity index (χ3v) is 3.26. The smallest absolute Gasteiger partial charge is 0.189 e. The molecule has 5 heteroatoms. The lowest BCUT2D eigenvalue weighted by Crippen LogP contribution is -2.20. The summed E-state index contributed by atoms with van der Waals surface area (Å²) in [5.74, 6) is 0.952. The molecule has 1 aromatic heterocycles. The molecule has 1 saturated heterocycles. The fourth-order valence-electron chi connectivity index (χ4n) is 1.89. The van der Waals surface area contributed by atoms with Crippen LogP contribution in [-0.4, -0.2) is 29.3 Å². The van der Waals surface area contributed by atoms with Crippen molar-refractivity contribution in [1.82, 2.24) is 9.97 Å². The summed E-state index contributed by atoms with van der Waals surface area (Å²) in [6, 6.07) is 2.00. The molecule has 0 bridgehead atoms. The molecule has 0 atom stereocenters. The number of nitriles is 1. The van der Waals surface area contributed by atoms with Crippen LogP contribution in [0, 0.1) is 11.3 Å². The first-order valence-corrected chi connectivity index (χ1v) is 6.80. The van der Waals surface area contributed by atoms with Crippen molar-refractivity contribution < 1.29 is 0 Å². The minimum absolute atomic E-state index is 0.779. The van der Waals surface area contributed by atoms with Crippen LogP contribution in [0.25, 0.3) is 6.08 Å². The van der Waals surface area contributed by atoms with Gasteiger partial charge in [0.1, 0.15) is 5.82 Å². The van der Waals surface area contributed by atoms with E-state index in [0.29, 0.717) is 0 Å². The van der Waals surface area contributed by atoms with Gasteiger partial charge in [-0.3, -0.25) is 0 Å². The number of thioether (sulfide) groups is 1. The highest BCUT2D eigenvalue weighted by atomic mass is 32.2. The Morgan fingerprint density at radius 3 is 2.88 bits per heavy atom. The zero-order valence-corrected chi connectivity index (χ0v) is 10.6. The first-order valence-electron chi connectivity index (χ1n) is 5.57. The Kier molecular flexibility index (Phi) is 3.99. The Balaban J connectivity index is 2.36. The molecule has 2 rings (SSSR count). The fraction of sp³-hybridized carbons (Fsp3) is 0.417. The van der Waals surface area contributed by atoms with Gasteiger partial charge in [0.05, 0.1) is 6.07 Å². The van der Waals surface area contributed by atoms with Gasteiger partial charge in [0, 0.05) is 30.9 Å². The number of hydrogen-bond donors (Lipinski definition) is 0. The number of allylic oxidation sites excluding steroid dienone is 1. The van der Waals surface area contributed by atoms with Crippen molar-refractivity contribution in [3.63, 3.8) is 0 Å². The number of anilines is 1. The molecule has 4 nitrogen and oxygen atoms in total. The molecule has 0 N–H and O–H groups in total. The van der Waals surface area contributed by atoms with Gasteiger partial charge in [0.15, 0.2) is 5.16 Å². The van der Waals surface area contributed by atoms with E-state index in [-0.39, 0.29) is 0 Å². The van der Waals surface area contributed by atoms with E-state index in [2.05, 4.69) is 14.9 Å². The van der Waals surface area contributed by atoms with Gasteiger partial charge in [0.25, 0.3) is 0 Å². The lowest BCUT2D eigenvalue weighted by atomic mass is 10.2. The van der Waals surface area contributed by atoms with Crippen LogP contribution in [-0.2, 0) is 0 Å². The van der Waals surface area contributed by atoms with Crippen LogP contribution >= 0.6 is 11.8 Å². The van der Waals surface area contributed by atoms with E-state index in [1.165, 1.54) is 30.7 Å². The second kappa shape index (κ2) is 5.69. The predicted molar refractivity (Wildman–Crippen MR) is 69.9 cm³/mol. The summed E-state index contributed by atoms with van der Waals surface area (Å²) in [6.07, 6.45) is 9.42. The van der Waals surface area contributed by atoms with Gasteiger partial charge in [-0.1, -0.05) is 11.8 Å². The Morgan fingerprint density at radius 1 is 1.47 bits per heavy atom. The molecule has 0 unspecified atom stereocenters. The zero-order chi connectivity index (χ0) is 12.1. The molecule has 88 valence electrons. The van der Waals surface area contributed by atoms with Gasteiger partial charge in [-0.05, 0) is 25.2 Å². The van der Waals surface area contributed by atoms with Crippen molar-refractivity contribution in [2.45, 2.75) is 18.0 Å². The monoisotopic (exact) mass is 246 g/mol. The van der Waals surface area contributed by atoms with E-state index < -0.39 is 0 Å². The molecule has 0 amide bonds. The van der Waals surface area contributed by atoms with Crippen molar-refractivity contribution in [3.8, 4) is 6.07 Å². The highest BCUT2D eigenvalue weighted by Crippen LogP contribution is 2.25. The van der Waals surface area contributed by atoms with Crippen LogP contribution in [0.2, 0.25) is 0 Å². The Bertz CT molecular complexity index is 458. The highest BCUT2D eigenvalue weighted by Gasteiger charge is 2.17. The normalized spacial score (nSPS) is 15.4. The van der Waals surface area contributed by atoms with Crippen molar-refractivity contribution in [2.24, 2.45) is 0 Å². The third kappa shape index (κ3) is 2.77. The summed E-state index contributed by atoms with van der Waals surface area (Å²) in [4.78, 5) is 11.1. The topological polar surface area (TPSA) is 52.8 Å². The maximum atomic E-state index is 8.59. The number of hydrogen-bond acceptors (Lipinski definition) is 5. The molecule has 0 saturated carbocycles. The van der Waals surface area contributed by atoms with E-state index >= 15 is 0 Å². The lowest BCUT2D eigenvalue weighted by molar-refractivity contribution is 0.875. The molecule has 1 aliphatic heterocycles. The quantitative estimate of drug-likeness (QED) is 0.465. The largest absolute Gasteiger partial charge is 0.356 e. The van der Waals surface area contributed by atoms with E-state index in [1.54, 1.807) is 12.3 Å². The van der Waals surface area contributed by atoms with Crippen molar-refractivity contribution in [1.29, 1.82) is 5.26 Å². The molecule has 0 aromatic carbocycles. The van der Waals surface area contributed by atoms with Gasteiger partial charge in [0.2, 0.25) is 0 Å². The molecular formula is C12H14N4S. The van der Waals surface area contributed by atoms with E-state index in [4.69, 9.17) is 5.26 Å². The summed E-state index contributed by atoms with van der Waals surface area (Å²) in [5, 5.41) is 9.37. The Morgan fingerprint density at radius 2 is 2.24 bits per heavy atom. The number of aromatic nitrogens is 2. The molecule has 1 aliphatic rings. The summed E-state index contributed by atoms with van der Waals surface area (Å²) in [5.41, 5.74) is 0.922. The average Bonchev–Trinajstić information content (AvgIpc) is 2.90. The third-order valence-electron chi connectivity index (χ3n) is 2.70. The first-order chi connectivity index (χ1) is 8.35. The summed E-state index contributed by atoms with van der Waals surface area (Å²) in [7, 11) is 0. The minimum Gasteiger partial charge on any atom is -0.356 e. The maximum Gasteiger partial charge on any atom is 0.189 e. The molecule has 0 radical (unpaired) electrons. The number of nitrogens with zero attached hydrogens (tertiary/aromatic N) is 4. The zero-order valence-electron chi connectivity index (χ0n) is 9.76. The first kappa shape index (κ1) is 11.9. The van der Waals surface area contributed by atoms with Crippen LogP contribution < -0.4 is 4.90 Å². The molecule has 2 heterocycles. The van der Waals surface area contributed by atoms with Crippen molar-refractivity contribution in [2.75, 3.05) is 24.2 Å². The van der Waals surface area contributed by atoms with Gasteiger partial charge < -0.3 is 4.90 Å². The molecule has 0 aliphatic carbocycles. The molecule has 1 aromatic rings. The minimum atomic E-state index is 0.779. The van der Waals surface area contributed by atoms with Crippen LogP contribution in [0.5, 0.6) is 0 Å². The van der Waals surface area contributed by atoms with Crippen LogP contribution in [0.4, 0.5) is 5.82 Å². The highest BCUT2D eigenvalue weighted by molar-refractivity contribution is 7.98. The summed E-state index contributed by atoms with van der Waals surface area (Å²) in [6.45, 7) is 2.08. The van der Waals surface area contributed by atoms with Crippen LogP contribution in [0.1, 0.15) is 18.4 Å². The standard InChI is InChI=1S/C12H14N4S/c1-17-12-14-9-10(5-4-6-13)11(15-12)16-7-2-3-8-16/h4-5,9H,2-3,7-8H2,1H3/b5-4+. The van der Waals surface area contributed by atoms with Gasteiger partial charge in [-0.2, -0.15) is 5.26 Å². The second-order valence-electron chi connectivity index (χ2n) is 3.79. The summed E-state index contributed by atoms with van der Waals surface area (Å²) < 4.78 is 0. The van der Waals surface area contributed by atoms with E-state index in [9.17, 15) is 0 Å². The average molecular weight is 246 g/mol. The molecular weight excluding hydrogens is 232 g/mol. The molecule has 17 heavy (non-hydrogen) atoms. The number of rotatable bonds is 3. The van der Waals surface area contributed by atoms with Crippen LogP contribution in [0.15, 0.2) is 17.4 Å². The predicted octanol–water partition coefficient (Wildman–Crippen LogP) is 2.34. The van der Waals surface area contributed by atoms with E-state index in [0.717, 1.165) is 29.6 Å².